The SMILES string of the molecule is CC(=O)N1CCC(N(C)c2nc(OCC34CCCN3CC(F)C4)nc3c(F)c(-c4ccc(F)c5sc(N)c(C#N)c45)c(Cl)cc23)C1C. The van der Waals surface area contributed by atoms with Crippen LogP contribution in [0.3, 0.4) is 0 Å². The lowest BCUT2D eigenvalue weighted by molar-refractivity contribution is -0.129. The molecule has 3 aliphatic heterocycles. The number of anilines is 2. The minimum absolute atomic E-state index is 0.00810. The van der Waals surface area contributed by atoms with Crippen molar-refractivity contribution in [1.29, 1.82) is 5.26 Å². The molecule has 4 unspecified atom stereocenters. The van der Waals surface area contributed by atoms with Crippen molar-refractivity contribution in [3.8, 4) is 23.2 Å². The average molecular weight is 684 g/mol. The highest BCUT2D eigenvalue weighted by Crippen LogP contribution is 2.46. The summed E-state index contributed by atoms with van der Waals surface area (Å²) in [6, 6.07) is 5.77. The first kappa shape index (κ1) is 31.7. The number of alkyl halides is 1. The number of nitrogens with zero attached hydrogens (tertiary/aromatic N) is 6. The van der Waals surface area contributed by atoms with Crippen molar-refractivity contribution in [2.45, 2.75) is 63.3 Å². The summed E-state index contributed by atoms with van der Waals surface area (Å²) in [5.41, 5.74) is 5.66. The van der Waals surface area contributed by atoms with Gasteiger partial charge in [0.1, 0.15) is 41.0 Å². The molecule has 1 amide bonds. The number of hydrogen-bond acceptors (Lipinski definition) is 9. The van der Waals surface area contributed by atoms with E-state index in [0.717, 1.165) is 30.7 Å². The molecule has 0 saturated carbocycles. The third-order valence-electron chi connectivity index (χ3n) is 10.2. The van der Waals surface area contributed by atoms with Gasteiger partial charge in [-0.2, -0.15) is 15.2 Å². The Balaban J connectivity index is 1.39. The molecule has 5 heterocycles. The molecule has 0 spiro atoms. The van der Waals surface area contributed by atoms with E-state index in [1.807, 2.05) is 24.9 Å². The molecule has 4 aromatic rings. The number of nitriles is 1. The molecule has 14 heteroatoms. The lowest BCUT2D eigenvalue weighted by Crippen LogP contribution is -2.44. The van der Waals surface area contributed by atoms with Gasteiger partial charge in [-0.15, -0.1) is 11.3 Å². The normalized spacial score (nSPS) is 24.3. The molecule has 3 saturated heterocycles. The van der Waals surface area contributed by atoms with Gasteiger partial charge in [-0.25, -0.2) is 13.2 Å². The van der Waals surface area contributed by atoms with Crippen molar-refractivity contribution in [3.05, 3.63) is 40.4 Å². The average Bonchev–Trinajstić information content (AvgIpc) is 3.77. The van der Waals surface area contributed by atoms with Crippen LogP contribution in [0.25, 0.3) is 32.1 Å². The maximum absolute atomic E-state index is 17.0. The fourth-order valence-corrected chi connectivity index (χ4v) is 9.18. The van der Waals surface area contributed by atoms with Gasteiger partial charge in [-0.3, -0.25) is 9.69 Å². The predicted octanol–water partition coefficient (Wildman–Crippen LogP) is 6.30. The standard InChI is InChI=1S/C33H33ClF3N7O2S/c1-16-24(7-10-44(16)17(2)45)42(3)31-20-11-22(34)26(19-5-6-23(36)29-25(19)21(13-38)30(39)47-29)27(37)28(20)40-32(41-31)46-15-33-8-4-9-43(33)14-18(35)12-33/h5-6,11,16,18,24H,4,7-10,12,14-15,39H2,1-3H3. The smallest absolute Gasteiger partial charge is 0.319 e. The number of carbonyl (C=O) groups is 1. The summed E-state index contributed by atoms with van der Waals surface area (Å²) in [6.07, 6.45) is 1.74. The summed E-state index contributed by atoms with van der Waals surface area (Å²) in [4.78, 5) is 27.4. The molecule has 3 aliphatic rings. The molecule has 2 aromatic heterocycles. The number of aromatic nitrogens is 2. The van der Waals surface area contributed by atoms with Crippen molar-refractivity contribution in [1.82, 2.24) is 19.8 Å². The summed E-state index contributed by atoms with van der Waals surface area (Å²) in [7, 11) is 1.83. The van der Waals surface area contributed by atoms with Crippen molar-refractivity contribution in [2.24, 2.45) is 0 Å². The van der Waals surface area contributed by atoms with Crippen LogP contribution in [0.1, 0.15) is 45.1 Å². The highest BCUT2D eigenvalue weighted by molar-refractivity contribution is 7.23. The van der Waals surface area contributed by atoms with Gasteiger partial charge >= 0.3 is 6.01 Å². The molecule has 0 aliphatic carbocycles. The molecular formula is C33H33ClF3N7O2S. The van der Waals surface area contributed by atoms with E-state index in [2.05, 4.69) is 9.88 Å². The molecule has 2 N–H and O–H groups in total. The van der Waals surface area contributed by atoms with Gasteiger partial charge in [0.05, 0.1) is 26.9 Å². The Kier molecular flexibility index (Phi) is 7.88. The number of carbonyl (C=O) groups excluding carboxylic acids is 1. The van der Waals surface area contributed by atoms with Gasteiger partial charge in [0.25, 0.3) is 0 Å². The van der Waals surface area contributed by atoms with E-state index >= 15 is 4.39 Å². The third kappa shape index (κ3) is 5.03. The third-order valence-corrected chi connectivity index (χ3v) is 11.5. The molecule has 7 rings (SSSR count). The van der Waals surface area contributed by atoms with Crippen molar-refractivity contribution in [3.63, 3.8) is 0 Å². The zero-order valence-electron chi connectivity index (χ0n) is 26.1. The second-order valence-corrected chi connectivity index (χ2v) is 14.3. The molecular weight excluding hydrogens is 651 g/mol. The first-order chi connectivity index (χ1) is 22.4. The van der Waals surface area contributed by atoms with E-state index in [-0.39, 0.29) is 72.9 Å². The summed E-state index contributed by atoms with van der Waals surface area (Å²) in [5.74, 6) is -1.07. The number of benzene rings is 2. The number of nitrogens with two attached hydrogens (primary N) is 1. The number of fused-ring (bicyclic) bond motifs is 3. The maximum Gasteiger partial charge on any atom is 0.319 e. The zero-order chi connectivity index (χ0) is 33.4. The molecule has 9 nitrogen and oxygen atoms in total. The Morgan fingerprint density at radius 3 is 2.83 bits per heavy atom. The van der Waals surface area contributed by atoms with Gasteiger partial charge in [-0.05, 0) is 50.4 Å². The van der Waals surface area contributed by atoms with Gasteiger partial charge in [-0.1, -0.05) is 17.7 Å². The van der Waals surface area contributed by atoms with Gasteiger partial charge in [0, 0.05) is 55.9 Å². The van der Waals surface area contributed by atoms with Crippen LogP contribution in [0.2, 0.25) is 5.02 Å². The summed E-state index contributed by atoms with van der Waals surface area (Å²) in [5, 5.41) is 10.5. The first-order valence-electron chi connectivity index (χ1n) is 15.6. The Hall–Kier alpha value is -3.86. The Bertz CT molecular complexity index is 1990. The second-order valence-electron chi connectivity index (χ2n) is 12.8. The van der Waals surface area contributed by atoms with Crippen molar-refractivity contribution in [2.75, 3.05) is 43.9 Å². The molecule has 3 fully saturated rings. The fourth-order valence-electron chi connectivity index (χ4n) is 7.94. The van der Waals surface area contributed by atoms with Crippen molar-refractivity contribution < 1.29 is 22.7 Å². The predicted molar refractivity (Wildman–Crippen MR) is 177 cm³/mol. The van der Waals surface area contributed by atoms with Crippen LogP contribution in [0.15, 0.2) is 18.2 Å². The second kappa shape index (κ2) is 11.7. The summed E-state index contributed by atoms with van der Waals surface area (Å²) < 4.78 is 52.7. The molecule has 2 aromatic carbocycles. The van der Waals surface area contributed by atoms with Crippen LogP contribution >= 0.6 is 22.9 Å². The quantitative estimate of drug-likeness (QED) is 0.252. The topological polar surface area (TPSA) is 112 Å². The number of hydrogen-bond donors (Lipinski definition) is 1. The zero-order valence-corrected chi connectivity index (χ0v) is 27.7. The van der Waals surface area contributed by atoms with E-state index in [0.29, 0.717) is 37.1 Å². The van der Waals surface area contributed by atoms with Crippen LogP contribution in [0.5, 0.6) is 6.01 Å². The lowest BCUT2D eigenvalue weighted by atomic mass is 9.95. The van der Waals surface area contributed by atoms with E-state index in [1.54, 1.807) is 11.0 Å². The Morgan fingerprint density at radius 2 is 2.11 bits per heavy atom. The van der Waals surface area contributed by atoms with Crippen LogP contribution < -0.4 is 15.4 Å². The highest BCUT2D eigenvalue weighted by atomic mass is 35.5. The highest BCUT2D eigenvalue weighted by Gasteiger charge is 2.49. The van der Waals surface area contributed by atoms with E-state index in [9.17, 15) is 18.8 Å². The molecule has 246 valence electrons. The number of thiophene rings is 1. The van der Waals surface area contributed by atoms with E-state index in [4.69, 9.17) is 27.1 Å². The van der Waals surface area contributed by atoms with Gasteiger partial charge < -0.3 is 20.3 Å². The Labute approximate surface area is 278 Å². The van der Waals surface area contributed by atoms with Crippen LogP contribution in [-0.2, 0) is 4.79 Å². The van der Waals surface area contributed by atoms with Crippen LogP contribution in [0.4, 0.5) is 24.0 Å². The lowest BCUT2D eigenvalue weighted by Gasteiger charge is -2.33. The van der Waals surface area contributed by atoms with Gasteiger partial charge in [0.15, 0.2) is 5.82 Å². The van der Waals surface area contributed by atoms with Gasteiger partial charge in [0.2, 0.25) is 5.91 Å². The van der Waals surface area contributed by atoms with E-state index < -0.39 is 23.3 Å². The number of likely N-dealkylation sites (tertiary alicyclic amines) is 1. The minimum atomic E-state index is -0.953. The molecule has 0 bridgehead atoms. The summed E-state index contributed by atoms with van der Waals surface area (Å²) >= 11 is 7.74. The molecule has 0 radical (unpaired) electrons. The number of nitrogen functional groups attached to an aromatic ring is 1. The number of rotatable bonds is 6. The largest absolute Gasteiger partial charge is 0.461 e. The Morgan fingerprint density at radius 1 is 1.32 bits per heavy atom. The number of ether oxygens (including phenoxy) is 1. The minimum Gasteiger partial charge on any atom is -0.461 e. The molecule has 47 heavy (non-hydrogen) atoms. The molecule has 4 atom stereocenters. The van der Waals surface area contributed by atoms with Crippen molar-refractivity contribution >= 4 is 60.7 Å². The number of halogens is 4. The first-order valence-corrected chi connectivity index (χ1v) is 16.8. The van der Waals surface area contributed by atoms with Crippen LogP contribution in [0, 0.1) is 23.0 Å². The van der Waals surface area contributed by atoms with Crippen LogP contribution in [-0.4, -0.2) is 82.8 Å². The maximum atomic E-state index is 17.0. The number of amides is 1. The monoisotopic (exact) mass is 683 g/mol. The fraction of sp³-hybridized carbons (Fsp3) is 0.455. The number of likely N-dealkylation sites (N-methyl/N-ethyl adjacent to an activating group) is 1. The summed E-state index contributed by atoms with van der Waals surface area (Å²) in [6.45, 7) is 5.32. The van der Waals surface area contributed by atoms with E-state index in [1.165, 1.54) is 19.1 Å².